The molecule has 21 heavy (non-hydrogen) atoms. The minimum absolute atomic E-state index is 0.0745. The van der Waals surface area contributed by atoms with Crippen molar-refractivity contribution in [2.75, 3.05) is 0 Å². The van der Waals surface area contributed by atoms with Crippen molar-refractivity contribution in [3.05, 3.63) is 23.9 Å². The van der Waals surface area contributed by atoms with Crippen molar-refractivity contribution >= 4 is 6.03 Å². The van der Waals surface area contributed by atoms with Gasteiger partial charge in [0.15, 0.2) is 0 Å². The summed E-state index contributed by atoms with van der Waals surface area (Å²) in [7, 11) is 0. The van der Waals surface area contributed by atoms with E-state index in [1.165, 1.54) is 0 Å². The largest absolute Gasteiger partial charge is 0.474 e. The van der Waals surface area contributed by atoms with Crippen LogP contribution >= 0.6 is 0 Å². The summed E-state index contributed by atoms with van der Waals surface area (Å²) in [6, 6.07) is 4.25. The number of amides is 2. The number of rotatable bonds is 4. The van der Waals surface area contributed by atoms with Gasteiger partial charge in [0.05, 0.1) is 0 Å². The summed E-state index contributed by atoms with van der Waals surface area (Å²) in [4.78, 5) is 15.9. The molecule has 1 aliphatic carbocycles. The Labute approximate surface area is 126 Å². The average molecular weight is 291 g/mol. The number of pyridine rings is 1. The zero-order chi connectivity index (χ0) is 15.2. The summed E-state index contributed by atoms with van der Waals surface area (Å²) < 4.78 is 5.89. The first-order valence-electron chi connectivity index (χ1n) is 7.69. The lowest BCUT2D eigenvalue weighted by molar-refractivity contribution is 0.134. The number of carbonyl (C=O) groups is 1. The van der Waals surface area contributed by atoms with Gasteiger partial charge in [-0.1, -0.05) is 6.07 Å². The van der Waals surface area contributed by atoms with E-state index in [0.717, 1.165) is 31.2 Å². The zero-order valence-electron chi connectivity index (χ0n) is 13.1. The Kier molecular flexibility index (Phi) is 5.42. The van der Waals surface area contributed by atoms with E-state index in [9.17, 15) is 4.79 Å². The molecule has 5 heteroatoms. The fourth-order valence-electron chi connectivity index (χ4n) is 2.51. The van der Waals surface area contributed by atoms with Crippen molar-refractivity contribution in [3.8, 4) is 5.88 Å². The number of aryl methyl sites for hydroxylation is 1. The van der Waals surface area contributed by atoms with E-state index < -0.39 is 0 Å². The average Bonchev–Trinajstić information content (AvgIpc) is 2.42. The molecule has 1 aromatic heterocycles. The molecule has 116 valence electrons. The highest BCUT2D eigenvalue weighted by atomic mass is 16.5. The van der Waals surface area contributed by atoms with Gasteiger partial charge in [0.25, 0.3) is 0 Å². The Morgan fingerprint density at radius 1 is 1.29 bits per heavy atom. The van der Waals surface area contributed by atoms with E-state index in [2.05, 4.69) is 15.6 Å². The molecule has 1 fully saturated rings. The molecule has 0 aromatic carbocycles. The second kappa shape index (κ2) is 7.29. The van der Waals surface area contributed by atoms with Gasteiger partial charge < -0.3 is 15.4 Å². The van der Waals surface area contributed by atoms with Crippen molar-refractivity contribution in [2.24, 2.45) is 0 Å². The number of hydrogen-bond donors (Lipinski definition) is 2. The summed E-state index contributed by atoms with van der Waals surface area (Å²) in [6.07, 6.45) is 5.80. The van der Waals surface area contributed by atoms with Gasteiger partial charge in [-0.15, -0.1) is 0 Å². The standard InChI is InChI=1S/C16H25N3O2/c1-11(2)18-16(20)19-13-5-7-14(8-6-13)21-15-9-4-12(3)10-17-15/h4,9-11,13-14H,5-8H2,1-3H3,(H2,18,19,20). The molecule has 0 spiro atoms. The number of aromatic nitrogens is 1. The highest BCUT2D eigenvalue weighted by molar-refractivity contribution is 5.74. The number of urea groups is 1. The van der Waals surface area contributed by atoms with E-state index in [0.29, 0.717) is 5.88 Å². The third-order valence-electron chi connectivity index (χ3n) is 3.60. The lowest BCUT2D eigenvalue weighted by atomic mass is 9.93. The Morgan fingerprint density at radius 2 is 2.00 bits per heavy atom. The third kappa shape index (κ3) is 5.25. The third-order valence-corrected chi connectivity index (χ3v) is 3.60. The Hall–Kier alpha value is -1.78. The minimum atomic E-state index is -0.0745. The molecule has 2 rings (SSSR count). The molecule has 2 amide bonds. The van der Waals surface area contributed by atoms with E-state index in [1.54, 1.807) is 0 Å². The van der Waals surface area contributed by atoms with Gasteiger partial charge in [-0.2, -0.15) is 0 Å². The van der Waals surface area contributed by atoms with Crippen LogP contribution < -0.4 is 15.4 Å². The van der Waals surface area contributed by atoms with E-state index in [4.69, 9.17) is 4.74 Å². The quantitative estimate of drug-likeness (QED) is 0.896. The molecule has 0 unspecified atom stereocenters. The zero-order valence-corrected chi connectivity index (χ0v) is 13.1. The van der Waals surface area contributed by atoms with Crippen LogP contribution in [0.1, 0.15) is 45.1 Å². The molecule has 1 saturated carbocycles. The van der Waals surface area contributed by atoms with E-state index in [-0.39, 0.29) is 24.2 Å². The topological polar surface area (TPSA) is 63.2 Å². The van der Waals surface area contributed by atoms with Crippen LogP contribution in [0.2, 0.25) is 0 Å². The van der Waals surface area contributed by atoms with Crippen molar-refractivity contribution < 1.29 is 9.53 Å². The van der Waals surface area contributed by atoms with Gasteiger partial charge in [0, 0.05) is 24.3 Å². The maximum Gasteiger partial charge on any atom is 0.315 e. The van der Waals surface area contributed by atoms with Crippen molar-refractivity contribution in [3.63, 3.8) is 0 Å². The SMILES string of the molecule is Cc1ccc(OC2CCC(NC(=O)NC(C)C)CC2)nc1. The molecular weight excluding hydrogens is 266 g/mol. The number of ether oxygens (including phenoxy) is 1. The second-order valence-electron chi connectivity index (χ2n) is 6.04. The fourth-order valence-corrected chi connectivity index (χ4v) is 2.51. The lowest BCUT2D eigenvalue weighted by Crippen LogP contribution is -2.46. The van der Waals surface area contributed by atoms with Crippen LogP contribution in [-0.2, 0) is 0 Å². The molecule has 0 atom stereocenters. The van der Waals surface area contributed by atoms with Crippen LogP contribution in [-0.4, -0.2) is 29.2 Å². The molecule has 5 nitrogen and oxygen atoms in total. The second-order valence-corrected chi connectivity index (χ2v) is 6.04. The van der Waals surface area contributed by atoms with Crippen LogP contribution in [0.4, 0.5) is 4.79 Å². The smallest absolute Gasteiger partial charge is 0.315 e. The number of nitrogens with zero attached hydrogens (tertiary/aromatic N) is 1. The van der Waals surface area contributed by atoms with Crippen LogP contribution in [0.5, 0.6) is 5.88 Å². The van der Waals surface area contributed by atoms with Gasteiger partial charge >= 0.3 is 6.03 Å². The Balaban J connectivity index is 1.73. The monoisotopic (exact) mass is 291 g/mol. The maximum atomic E-state index is 11.7. The van der Waals surface area contributed by atoms with Gasteiger partial charge in [-0.3, -0.25) is 0 Å². The van der Waals surface area contributed by atoms with E-state index in [1.807, 2.05) is 39.1 Å². The summed E-state index contributed by atoms with van der Waals surface area (Å²) in [5.74, 6) is 0.689. The first kappa shape index (κ1) is 15.6. The molecule has 1 aromatic rings. The lowest BCUT2D eigenvalue weighted by Gasteiger charge is -2.29. The van der Waals surface area contributed by atoms with Crippen LogP contribution in [0.3, 0.4) is 0 Å². The van der Waals surface area contributed by atoms with Crippen molar-refractivity contribution in [1.29, 1.82) is 0 Å². The van der Waals surface area contributed by atoms with Crippen LogP contribution in [0.25, 0.3) is 0 Å². The normalized spacial score (nSPS) is 21.9. The van der Waals surface area contributed by atoms with Crippen LogP contribution in [0, 0.1) is 6.92 Å². The summed E-state index contributed by atoms with van der Waals surface area (Å²) in [5, 5.41) is 5.88. The number of carbonyl (C=O) groups excluding carboxylic acids is 1. The maximum absolute atomic E-state index is 11.7. The first-order chi connectivity index (χ1) is 10.0. The molecule has 1 aliphatic rings. The molecule has 0 radical (unpaired) electrons. The predicted molar refractivity (Wildman–Crippen MR) is 82.4 cm³/mol. The summed E-state index contributed by atoms with van der Waals surface area (Å²) in [5.41, 5.74) is 1.13. The number of nitrogens with one attached hydrogen (secondary N) is 2. The van der Waals surface area contributed by atoms with Gasteiger partial charge in [-0.05, 0) is 52.0 Å². The Morgan fingerprint density at radius 3 is 2.57 bits per heavy atom. The molecule has 0 bridgehead atoms. The van der Waals surface area contributed by atoms with Gasteiger partial charge in [-0.25, -0.2) is 9.78 Å². The van der Waals surface area contributed by atoms with Gasteiger partial charge in [0.1, 0.15) is 6.10 Å². The van der Waals surface area contributed by atoms with Crippen molar-refractivity contribution in [1.82, 2.24) is 15.6 Å². The van der Waals surface area contributed by atoms with Crippen molar-refractivity contribution in [2.45, 2.75) is 64.6 Å². The summed E-state index contributed by atoms with van der Waals surface area (Å²) >= 11 is 0. The Bertz CT molecular complexity index is 451. The molecular formula is C16H25N3O2. The molecule has 0 saturated heterocycles. The highest BCUT2D eigenvalue weighted by Gasteiger charge is 2.23. The molecule has 0 aliphatic heterocycles. The first-order valence-corrected chi connectivity index (χ1v) is 7.69. The minimum Gasteiger partial charge on any atom is -0.474 e. The van der Waals surface area contributed by atoms with Gasteiger partial charge in [0.2, 0.25) is 5.88 Å². The van der Waals surface area contributed by atoms with Crippen LogP contribution in [0.15, 0.2) is 18.3 Å². The molecule has 1 heterocycles. The predicted octanol–water partition coefficient (Wildman–Crippen LogP) is 2.79. The highest BCUT2D eigenvalue weighted by Crippen LogP contribution is 2.22. The fraction of sp³-hybridized carbons (Fsp3) is 0.625. The summed E-state index contributed by atoms with van der Waals surface area (Å²) in [6.45, 7) is 5.92. The molecule has 2 N–H and O–H groups in total. The van der Waals surface area contributed by atoms with E-state index >= 15 is 0 Å². The number of hydrogen-bond acceptors (Lipinski definition) is 3.